The number of rotatable bonds is 6. The minimum atomic E-state index is 0.0465. The molecule has 1 aromatic carbocycles. The third-order valence-corrected chi connectivity index (χ3v) is 4.24. The quantitative estimate of drug-likeness (QED) is 0.374. The van der Waals surface area contributed by atoms with Crippen molar-refractivity contribution in [3.05, 3.63) is 35.4 Å². The molecule has 2 atom stereocenters. The molecule has 1 saturated heterocycles. The van der Waals surface area contributed by atoms with Crippen LogP contribution in [-0.2, 0) is 9.47 Å². The maximum Gasteiger partial charge on any atom is 0.107 e. The lowest BCUT2D eigenvalue weighted by Crippen LogP contribution is -2.22. The van der Waals surface area contributed by atoms with Gasteiger partial charge in [0.2, 0.25) is 0 Å². The summed E-state index contributed by atoms with van der Waals surface area (Å²) in [6, 6.07) is 8.07. The van der Waals surface area contributed by atoms with Crippen molar-refractivity contribution in [1.82, 2.24) is 0 Å². The highest BCUT2D eigenvalue weighted by atomic mass is 16.5. The molecular weight excluding hydrogens is 314 g/mol. The molecule has 0 saturated carbocycles. The number of methoxy groups -OCH3 is 1. The van der Waals surface area contributed by atoms with Crippen molar-refractivity contribution in [2.45, 2.75) is 38.2 Å². The molecule has 0 radical (unpaired) electrons. The number of hydrazone groups is 1. The monoisotopic (exact) mass is 341 g/mol. The molecule has 0 amide bonds. The standard InChI is InChI=1S/C20H27N3O2/c1-16(18-9-5-7-17(13-18)8-6-11-24-2)20(23-21)15-22-14-19-10-3-4-12-25-19/h5,7,9,13,15-16,19H,3-4,10-12,14,21H2,1-2H3/b22-15?,23-20+. The lowest BCUT2D eigenvalue weighted by atomic mass is 9.95. The molecule has 0 bridgehead atoms. The molecule has 2 N–H and O–H groups in total. The molecule has 1 aliphatic heterocycles. The Hall–Kier alpha value is -2.16. The number of benzene rings is 1. The van der Waals surface area contributed by atoms with E-state index < -0.39 is 0 Å². The summed E-state index contributed by atoms with van der Waals surface area (Å²) in [5.41, 5.74) is 2.80. The molecule has 2 unspecified atom stereocenters. The second-order valence-electron chi connectivity index (χ2n) is 6.12. The first-order valence-corrected chi connectivity index (χ1v) is 8.71. The third kappa shape index (κ3) is 6.33. The average Bonchev–Trinajstić information content (AvgIpc) is 2.66. The SMILES string of the molecule is COCC#Cc1cccc(C(C)/C(C=NCC2CCCCO2)=N/N)c1. The van der Waals surface area contributed by atoms with Gasteiger partial charge in [-0.15, -0.1) is 0 Å². The van der Waals surface area contributed by atoms with Crippen LogP contribution in [0.1, 0.15) is 43.2 Å². The van der Waals surface area contributed by atoms with Crippen LogP contribution >= 0.6 is 0 Å². The zero-order valence-corrected chi connectivity index (χ0v) is 15.1. The van der Waals surface area contributed by atoms with Crippen molar-refractivity contribution >= 4 is 11.9 Å². The van der Waals surface area contributed by atoms with E-state index in [0.29, 0.717) is 13.2 Å². The van der Waals surface area contributed by atoms with E-state index in [-0.39, 0.29) is 12.0 Å². The molecular formula is C20H27N3O2. The highest BCUT2D eigenvalue weighted by Gasteiger charge is 2.14. The molecule has 0 aliphatic carbocycles. The van der Waals surface area contributed by atoms with Crippen LogP contribution in [0, 0.1) is 11.8 Å². The van der Waals surface area contributed by atoms with Gasteiger partial charge in [-0.3, -0.25) is 4.99 Å². The Kier molecular flexibility index (Phi) is 8.17. The predicted molar refractivity (Wildman–Crippen MR) is 102 cm³/mol. The maximum atomic E-state index is 5.69. The fourth-order valence-electron chi connectivity index (χ4n) is 2.74. The number of hydrogen-bond acceptors (Lipinski definition) is 5. The topological polar surface area (TPSA) is 69.2 Å². The summed E-state index contributed by atoms with van der Waals surface area (Å²) in [5.74, 6) is 11.7. The van der Waals surface area contributed by atoms with Crippen molar-refractivity contribution in [1.29, 1.82) is 0 Å². The van der Waals surface area contributed by atoms with E-state index in [4.69, 9.17) is 15.3 Å². The second kappa shape index (κ2) is 10.7. The normalized spacial score (nSPS) is 19.4. The van der Waals surface area contributed by atoms with E-state index in [1.54, 1.807) is 13.3 Å². The smallest absolute Gasteiger partial charge is 0.107 e. The van der Waals surface area contributed by atoms with Crippen LogP contribution in [0.4, 0.5) is 0 Å². The summed E-state index contributed by atoms with van der Waals surface area (Å²) in [5, 5.41) is 3.92. The molecule has 0 aromatic heterocycles. The van der Waals surface area contributed by atoms with Gasteiger partial charge in [-0.25, -0.2) is 0 Å². The Morgan fingerprint density at radius 1 is 1.48 bits per heavy atom. The van der Waals surface area contributed by atoms with E-state index in [9.17, 15) is 0 Å². The summed E-state index contributed by atoms with van der Waals surface area (Å²) in [6.07, 6.45) is 5.43. The Morgan fingerprint density at radius 3 is 3.08 bits per heavy atom. The maximum absolute atomic E-state index is 5.69. The zero-order chi connectivity index (χ0) is 17.9. The van der Waals surface area contributed by atoms with Crippen LogP contribution < -0.4 is 5.84 Å². The van der Waals surface area contributed by atoms with Gasteiger partial charge in [0.15, 0.2) is 0 Å². The molecule has 0 spiro atoms. The number of nitrogens with zero attached hydrogens (tertiary/aromatic N) is 2. The van der Waals surface area contributed by atoms with Crippen LogP contribution in [0.2, 0.25) is 0 Å². The second-order valence-corrected chi connectivity index (χ2v) is 6.12. The lowest BCUT2D eigenvalue weighted by Gasteiger charge is -2.20. The van der Waals surface area contributed by atoms with E-state index in [0.717, 1.165) is 36.3 Å². The molecule has 25 heavy (non-hydrogen) atoms. The highest BCUT2D eigenvalue weighted by molar-refractivity contribution is 6.32. The van der Waals surface area contributed by atoms with Crippen molar-refractivity contribution in [2.24, 2.45) is 15.9 Å². The number of ether oxygens (including phenoxy) is 2. The van der Waals surface area contributed by atoms with E-state index in [2.05, 4.69) is 41.0 Å². The third-order valence-electron chi connectivity index (χ3n) is 4.24. The van der Waals surface area contributed by atoms with Crippen LogP contribution in [0.15, 0.2) is 34.4 Å². The van der Waals surface area contributed by atoms with Gasteiger partial charge in [-0.05, 0) is 37.0 Å². The zero-order valence-electron chi connectivity index (χ0n) is 15.1. The Labute approximate surface area is 150 Å². The summed E-state index contributed by atoms with van der Waals surface area (Å²) in [6.45, 7) is 3.99. The minimum absolute atomic E-state index is 0.0465. The van der Waals surface area contributed by atoms with Crippen molar-refractivity contribution in [3.8, 4) is 11.8 Å². The van der Waals surface area contributed by atoms with Gasteiger partial charge in [0, 0.05) is 31.4 Å². The lowest BCUT2D eigenvalue weighted by molar-refractivity contribution is 0.0226. The fraction of sp³-hybridized carbons (Fsp3) is 0.500. The first kappa shape index (κ1) is 19.2. The largest absolute Gasteiger partial charge is 0.376 e. The van der Waals surface area contributed by atoms with Crippen LogP contribution in [-0.4, -0.2) is 44.9 Å². The van der Waals surface area contributed by atoms with Gasteiger partial charge in [-0.2, -0.15) is 5.10 Å². The van der Waals surface area contributed by atoms with Crippen molar-refractivity contribution in [3.63, 3.8) is 0 Å². The van der Waals surface area contributed by atoms with Gasteiger partial charge in [0.25, 0.3) is 0 Å². The summed E-state index contributed by atoms with van der Waals surface area (Å²) >= 11 is 0. The predicted octanol–water partition coefficient (Wildman–Crippen LogP) is 2.74. The number of nitrogens with two attached hydrogens (primary N) is 1. The Balaban J connectivity index is 2.00. The van der Waals surface area contributed by atoms with Gasteiger partial charge in [0.05, 0.1) is 18.4 Å². The van der Waals surface area contributed by atoms with Gasteiger partial charge in [0.1, 0.15) is 6.61 Å². The Morgan fingerprint density at radius 2 is 2.36 bits per heavy atom. The van der Waals surface area contributed by atoms with Crippen molar-refractivity contribution in [2.75, 3.05) is 26.9 Å². The van der Waals surface area contributed by atoms with E-state index in [1.807, 2.05) is 12.1 Å². The molecule has 5 nitrogen and oxygen atoms in total. The number of aliphatic imine (C=N–C) groups is 1. The van der Waals surface area contributed by atoms with Crippen LogP contribution in [0.3, 0.4) is 0 Å². The number of hydrogen-bond donors (Lipinski definition) is 1. The average molecular weight is 341 g/mol. The van der Waals surface area contributed by atoms with E-state index >= 15 is 0 Å². The molecule has 134 valence electrons. The van der Waals surface area contributed by atoms with Crippen molar-refractivity contribution < 1.29 is 9.47 Å². The van der Waals surface area contributed by atoms with Crippen LogP contribution in [0.5, 0.6) is 0 Å². The molecule has 1 fully saturated rings. The van der Waals surface area contributed by atoms with Gasteiger partial charge >= 0.3 is 0 Å². The molecule has 1 aliphatic rings. The summed E-state index contributed by atoms with van der Waals surface area (Å²) in [4.78, 5) is 4.49. The van der Waals surface area contributed by atoms with E-state index in [1.165, 1.54) is 6.42 Å². The fourth-order valence-corrected chi connectivity index (χ4v) is 2.74. The molecule has 1 aromatic rings. The first-order chi connectivity index (χ1) is 12.2. The highest BCUT2D eigenvalue weighted by Crippen LogP contribution is 2.18. The van der Waals surface area contributed by atoms with Crippen LogP contribution in [0.25, 0.3) is 0 Å². The first-order valence-electron chi connectivity index (χ1n) is 8.71. The minimum Gasteiger partial charge on any atom is -0.376 e. The molecule has 2 rings (SSSR count). The summed E-state index contributed by atoms with van der Waals surface area (Å²) in [7, 11) is 1.63. The van der Waals surface area contributed by atoms with Gasteiger partial charge in [-0.1, -0.05) is 30.9 Å². The Bertz CT molecular complexity index is 652. The molecule has 5 heteroatoms. The van der Waals surface area contributed by atoms with Gasteiger partial charge < -0.3 is 15.3 Å². The molecule has 1 heterocycles. The summed E-state index contributed by atoms with van der Waals surface area (Å²) < 4.78 is 10.6.